The fourth-order valence-electron chi connectivity index (χ4n) is 1.39. The van der Waals surface area contributed by atoms with Gasteiger partial charge in [0.2, 0.25) is 0 Å². The Morgan fingerprint density at radius 2 is 2.07 bits per heavy atom. The second kappa shape index (κ2) is 6.29. The topological polar surface area (TPSA) is 17.1 Å². The van der Waals surface area contributed by atoms with Gasteiger partial charge in [-0.25, -0.2) is 0 Å². The number of carbonyl (C=O) groups excluding carboxylic acids is 1. The zero-order valence-electron chi connectivity index (χ0n) is 8.72. The lowest BCUT2D eigenvalue weighted by Gasteiger charge is -2.02. The molecule has 1 rings (SSSR count). The molecule has 0 atom stereocenters. The third-order valence-electron chi connectivity index (χ3n) is 2.19. The molecule has 0 bridgehead atoms. The fraction of sp³-hybridized carbons (Fsp3) is 0.417. The minimum Gasteiger partial charge on any atom is -0.294 e. The molecule has 0 aliphatic rings. The van der Waals surface area contributed by atoms with Crippen molar-refractivity contribution in [3.63, 3.8) is 0 Å². The predicted molar refractivity (Wildman–Crippen MR) is 67.6 cm³/mol. The molecule has 0 aliphatic carbocycles. The summed E-state index contributed by atoms with van der Waals surface area (Å²) in [5.74, 6) is 0.173. The quantitative estimate of drug-likeness (QED) is 0.558. The van der Waals surface area contributed by atoms with Gasteiger partial charge in [0.25, 0.3) is 0 Å². The average Bonchev–Trinajstić information content (AvgIpc) is 2.16. The third-order valence-corrected chi connectivity index (χ3v) is 2.87. The van der Waals surface area contributed by atoms with E-state index in [1.807, 2.05) is 6.07 Å². The van der Waals surface area contributed by atoms with Crippen molar-refractivity contribution in [2.75, 3.05) is 0 Å². The monoisotopic (exact) mass is 288 g/mol. The molecule has 1 aromatic rings. The first-order valence-electron chi connectivity index (χ1n) is 5.12. The molecule has 0 radical (unpaired) electrons. The molecule has 0 unspecified atom stereocenters. The van der Waals surface area contributed by atoms with Crippen LogP contribution in [0, 0.1) is 0 Å². The number of Topliss-reactive ketones (excluding diaryl/α,β-unsaturated/α-hetero) is 1. The molecule has 1 aromatic carbocycles. The van der Waals surface area contributed by atoms with Crippen LogP contribution >= 0.6 is 27.5 Å². The van der Waals surface area contributed by atoms with Gasteiger partial charge in [-0.2, -0.15) is 0 Å². The Hall–Kier alpha value is -0.340. The molecule has 3 heteroatoms. The summed E-state index contributed by atoms with van der Waals surface area (Å²) in [6, 6.07) is 5.32. The van der Waals surface area contributed by atoms with Crippen LogP contribution in [-0.2, 0) is 0 Å². The minimum absolute atomic E-state index is 0.173. The highest BCUT2D eigenvalue weighted by Crippen LogP contribution is 2.21. The van der Waals surface area contributed by atoms with E-state index in [1.165, 1.54) is 0 Å². The van der Waals surface area contributed by atoms with E-state index in [2.05, 4.69) is 22.9 Å². The van der Waals surface area contributed by atoms with E-state index in [9.17, 15) is 4.79 Å². The standard InChI is InChI=1S/C12H14BrClO/c1-2-3-4-5-12(15)9-6-10(13)8-11(14)7-9/h6-8H,2-5H2,1H3. The Morgan fingerprint density at radius 3 is 2.67 bits per heavy atom. The number of benzene rings is 1. The van der Waals surface area contributed by atoms with Gasteiger partial charge in [-0.15, -0.1) is 0 Å². The lowest BCUT2D eigenvalue weighted by atomic mass is 10.1. The number of ketones is 1. The molecular formula is C12H14BrClO. The van der Waals surface area contributed by atoms with Crippen molar-refractivity contribution in [2.45, 2.75) is 32.6 Å². The summed E-state index contributed by atoms with van der Waals surface area (Å²) in [6.07, 6.45) is 3.81. The number of rotatable bonds is 5. The van der Waals surface area contributed by atoms with Crippen LogP contribution in [0.15, 0.2) is 22.7 Å². The van der Waals surface area contributed by atoms with Crippen LogP contribution < -0.4 is 0 Å². The Balaban J connectivity index is 2.65. The van der Waals surface area contributed by atoms with E-state index < -0.39 is 0 Å². The highest BCUT2D eigenvalue weighted by atomic mass is 79.9. The molecule has 0 saturated heterocycles. The number of hydrogen-bond donors (Lipinski definition) is 0. The van der Waals surface area contributed by atoms with Crippen molar-refractivity contribution < 1.29 is 4.79 Å². The Morgan fingerprint density at radius 1 is 1.33 bits per heavy atom. The molecule has 0 fully saturated rings. The van der Waals surface area contributed by atoms with Crippen molar-refractivity contribution in [3.8, 4) is 0 Å². The second-order valence-corrected chi connectivity index (χ2v) is 4.89. The van der Waals surface area contributed by atoms with Gasteiger partial charge in [-0.3, -0.25) is 4.79 Å². The maximum Gasteiger partial charge on any atom is 0.162 e. The van der Waals surface area contributed by atoms with Gasteiger partial charge in [0.05, 0.1) is 0 Å². The summed E-state index contributed by atoms with van der Waals surface area (Å²) in [4.78, 5) is 11.7. The highest BCUT2D eigenvalue weighted by Gasteiger charge is 2.07. The van der Waals surface area contributed by atoms with E-state index >= 15 is 0 Å². The molecule has 1 nitrogen and oxygen atoms in total. The van der Waals surface area contributed by atoms with Crippen LogP contribution in [0.2, 0.25) is 5.02 Å². The van der Waals surface area contributed by atoms with Crippen LogP contribution in [0.25, 0.3) is 0 Å². The van der Waals surface area contributed by atoms with Crippen molar-refractivity contribution in [1.29, 1.82) is 0 Å². The van der Waals surface area contributed by atoms with Crippen LogP contribution in [0.4, 0.5) is 0 Å². The first-order valence-corrected chi connectivity index (χ1v) is 6.30. The SMILES string of the molecule is CCCCCC(=O)c1cc(Cl)cc(Br)c1. The van der Waals surface area contributed by atoms with Crippen molar-refractivity contribution in [2.24, 2.45) is 0 Å². The third kappa shape index (κ3) is 4.35. The van der Waals surface area contributed by atoms with Gasteiger partial charge in [0.15, 0.2) is 5.78 Å². The zero-order chi connectivity index (χ0) is 11.3. The lowest BCUT2D eigenvalue weighted by molar-refractivity contribution is 0.0979. The molecule has 0 aromatic heterocycles. The van der Waals surface area contributed by atoms with Gasteiger partial charge in [-0.1, -0.05) is 47.3 Å². The van der Waals surface area contributed by atoms with E-state index in [-0.39, 0.29) is 5.78 Å². The van der Waals surface area contributed by atoms with E-state index in [1.54, 1.807) is 12.1 Å². The van der Waals surface area contributed by atoms with E-state index in [0.29, 0.717) is 17.0 Å². The van der Waals surface area contributed by atoms with Crippen molar-refractivity contribution >= 4 is 33.3 Å². The molecular weight excluding hydrogens is 275 g/mol. The van der Waals surface area contributed by atoms with Crippen LogP contribution in [0.3, 0.4) is 0 Å². The summed E-state index contributed by atoms with van der Waals surface area (Å²) in [5, 5.41) is 0.600. The maximum absolute atomic E-state index is 11.7. The molecule has 0 saturated carbocycles. The number of unbranched alkanes of at least 4 members (excludes halogenated alkanes) is 2. The first kappa shape index (κ1) is 12.7. The summed E-state index contributed by atoms with van der Waals surface area (Å²) in [6.45, 7) is 2.13. The van der Waals surface area contributed by atoms with Crippen molar-refractivity contribution in [1.82, 2.24) is 0 Å². The zero-order valence-corrected chi connectivity index (χ0v) is 11.1. The predicted octanol–water partition coefficient (Wildman–Crippen LogP) is 4.87. The van der Waals surface area contributed by atoms with Crippen LogP contribution in [0.5, 0.6) is 0 Å². The number of halogens is 2. The molecule has 0 N–H and O–H groups in total. The molecule has 0 spiro atoms. The summed E-state index contributed by atoms with van der Waals surface area (Å²) in [7, 11) is 0. The van der Waals surface area contributed by atoms with Gasteiger partial charge >= 0.3 is 0 Å². The van der Waals surface area contributed by atoms with E-state index in [4.69, 9.17) is 11.6 Å². The van der Waals surface area contributed by atoms with Gasteiger partial charge in [-0.05, 0) is 24.6 Å². The minimum atomic E-state index is 0.173. The number of hydrogen-bond acceptors (Lipinski definition) is 1. The second-order valence-electron chi connectivity index (χ2n) is 3.54. The van der Waals surface area contributed by atoms with Crippen LogP contribution in [-0.4, -0.2) is 5.78 Å². The summed E-state index contributed by atoms with van der Waals surface area (Å²) in [5.41, 5.74) is 0.700. The highest BCUT2D eigenvalue weighted by molar-refractivity contribution is 9.10. The van der Waals surface area contributed by atoms with Gasteiger partial charge in [0, 0.05) is 21.5 Å². The van der Waals surface area contributed by atoms with Gasteiger partial charge in [0.1, 0.15) is 0 Å². The maximum atomic E-state index is 11.7. The Bertz CT molecular complexity index is 329. The average molecular weight is 290 g/mol. The van der Waals surface area contributed by atoms with Gasteiger partial charge < -0.3 is 0 Å². The molecule has 0 heterocycles. The summed E-state index contributed by atoms with van der Waals surface area (Å²) < 4.78 is 0.855. The van der Waals surface area contributed by atoms with Crippen molar-refractivity contribution in [3.05, 3.63) is 33.3 Å². The fourth-order valence-corrected chi connectivity index (χ4v) is 2.25. The Kier molecular flexibility index (Phi) is 5.34. The molecule has 0 aliphatic heterocycles. The Labute approximate surface area is 104 Å². The smallest absolute Gasteiger partial charge is 0.162 e. The normalized spacial score (nSPS) is 10.3. The first-order chi connectivity index (χ1) is 7.13. The molecule has 0 amide bonds. The van der Waals surface area contributed by atoms with E-state index in [0.717, 1.165) is 23.7 Å². The molecule has 82 valence electrons. The number of carbonyl (C=O) groups is 1. The summed E-state index contributed by atoms with van der Waals surface area (Å²) >= 11 is 9.20. The lowest BCUT2D eigenvalue weighted by Crippen LogP contribution is -1.98. The van der Waals surface area contributed by atoms with Crippen LogP contribution in [0.1, 0.15) is 43.0 Å². The molecule has 15 heavy (non-hydrogen) atoms. The largest absolute Gasteiger partial charge is 0.294 e.